The molecule has 0 radical (unpaired) electrons. The third-order valence-corrected chi connectivity index (χ3v) is 16.2. The van der Waals surface area contributed by atoms with E-state index in [4.69, 9.17) is 245 Å². The molecular weight excluding hydrogens is 897 g/mol. The molecule has 202 valence electrons. The Hall–Kier alpha value is 5.87. The van der Waals surface area contributed by atoms with Gasteiger partial charge in [-0.1, -0.05) is 232 Å². The van der Waals surface area contributed by atoms with Crippen molar-refractivity contribution < 1.29 is 13.3 Å². The summed E-state index contributed by atoms with van der Waals surface area (Å²) in [5, 5.41) is 0. The normalized spacial score (nSPS) is 16.8. The van der Waals surface area contributed by atoms with Crippen LogP contribution in [0.4, 0.5) is 0 Å². The van der Waals surface area contributed by atoms with E-state index in [1.54, 1.807) is 0 Å². The molecule has 33 heavy (non-hydrogen) atoms. The third-order valence-electron chi connectivity index (χ3n) is 3.08. The van der Waals surface area contributed by atoms with Crippen LogP contribution in [-0.2, 0) is 11.4 Å². The van der Waals surface area contributed by atoms with Crippen molar-refractivity contribution in [2.75, 3.05) is 0 Å². The van der Waals surface area contributed by atoms with Gasteiger partial charge in [-0.25, -0.2) is 4.21 Å². The van der Waals surface area contributed by atoms with Crippen LogP contribution >= 0.6 is 232 Å². The molecule has 0 aromatic carbocycles. The fourth-order valence-corrected chi connectivity index (χ4v) is 7.14. The van der Waals surface area contributed by atoms with E-state index < -0.39 is 49.3 Å². The van der Waals surface area contributed by atoms with Crippen LogP contribution in [0.1, 0.15) is 0 Å². The third kappa shape index (κ3) is 8.04. The summed E-state index contributed by atoms with van der Waals surface area (Å²) in [6.45, 7) is 0. The van der Waals surface area contributed by atoms with Gasteiger partial charge in [0.1, 0.15) is 0 Å². The lowest BCUT2D eigenvalue weighted by atomic mass is 10.0. The summed E-state index contributed by atoms with van der Waals surface area (Å²) in [5.41, 5.74) is 0. The lowest BCUT2D eigenvalue weighted by Crippen LogP contribution is -2.71. The number of rotatable bonds is 6. The van der Waals surface area contributed by atoms with Crippen LogP contribution in [0.5, 0.6) is 0 Å². The Morgan fingerprint density at radius 3 is 0.576 bits per heavy atom. The summed E-state index contributed by atoms with van der Waals surface area (Å²) in [6.07, 6.45) is 0. The zero-order valence-corrected chi connectivity index (χ0v) is 29.7. The fourth-order valence-electron chi connectivity index (χ4n) is 1.34. The van der Waals surface area contributed by atoms with E-state index in [9.17, 15) is 0 Å². The SMILES string of the molecule is ClC(Cl)(Cl)C(Cl)(Cl)C(Cl)(Cl)C(Cl)(Cl)C(Cl)(Cl)C(Cl)(Cl)C(Cl)(Cl)C(Cl)(Cl)C(Cl)(Cl)Cl.O=S([O-])O. The highest BCUT2D eigenvalue weighted by Gasteiger charge is 2.82. The van der Waals surface area contributed by atoms with Crippen LogP contribution in [0.2, 0.25) is 0 Å². The van der Waals surface area contributed by atoms with Crippen LogP contribution in [0.3, 0.4) is 0 Å². The van der Waals surface area contributed by atoms with Crippen molar-refractivity contribution in [3.8, 4) is 0 Å². The second-order valence-corrected chi connectivity index (χ2v) is 19.5. The van der Waals surface area contributed by atoms with E-state index >= 15 is 0 Å². The van der Waals surface area contributed by atoms with Gasteiger partial charge in [0.25, 0.3) is 0 Å². The van der Waals surface area contributed by atoms with Gasteiger partial charge < -0.3 is 9.11 Å². The Morgan fingerprint density at radius 2 is 0.485 bits per heavy atom. The number of hydrogen-bond donors (Lipinski definition) is 1. The average molecular weight is 898 g/mol. The monoisotopic (exact) mass is 888 g/mol. The van der Waals surface area contributed by atoms with E-state index in [1.807, 2.05) is 0 Å². The summed E-state index contributed by atoms with van der Waals surface area (Å²) >= 11 is 117. The first-order chi connectivity index (χ1) is 13.7. The van der Waals surface area contributed by atoms with Crippen molar-refractivity contribution in [1.82, 2.24) is 0 Å². The van der Waals surface area contributed by atoms with Gasteiger partial charge in [-0.3, -0.25) is 0 Å². The zero-order valence-electron chi connectivity index (χ0n) is 13.7. The van der Waals surface area contributed by atoms with Gasteiger partial charge in [0.2, 0.25) is 16.3 Å². The smallest absolute Gasteiger partial charge is 0.226 e. The Labute approximate surface area is 290 Å². The van der Waals surface area contributed by atoms with Crippen molar-refractivity contribution in [3.63, 3.8) is 0 Å². The quantitative estimate of drug-likeness (QED) is 0.213. The first kappa shape index (κ1) is 41.0. The minimum absolute atomic E-state index is 2.64. The molecule has 0 rings (SSSR count). The van der Waals surface area contributed by atoms with Crippen LogP contribution in [-0.4, -0.2) is 51.2 Å². The zero-order chi connectivity index (χ0) is 28.1. The molecule has 1 atom stereocenters. The molecule has 1 unspecified atom stereocenters. The largest absolute Gasteiger partial charge is 0.750 e. The highest BCUT2D eigenvalue weighted by atomic mass is 35.6. The second kappa shape index (κ2) is 13.0. The molecule has 0 aliphatic rings. The number of halogens is 20. The first-order valence-electron chi connectivity index (χ1n) is 6.30. The predicted molar refractivity (Wildman–Crippen MR) is 153 cm³/mol. The maximum absolute atomic E-state index is 8.56. The molecule has 0 saturated heterocycles. The van der Waals surface area contributed by atoms with E-state index in [0.717, 1.165) is 0 Å². The molecular formula is C9HCl20O3S-. The second-order valence-electron chi connectivity index (χ2n) is 5.23. The topological polar surface area (TPSA) is 60.4 Å². The minimum Gasteiger partial charge on any atom is -0.750 e. The van der Waals surface area contributed by atoms with Crippen LogP contribution in [0.15, 0.2) is 0 Å². The molecule has 0 amide bonds. The molecule has 0 heterocycles. The molecule has 1 N–H and O–H groups in total. The van der Waals surface area contributed by atoms with Gasteiger partial charge in [0.05, 0.1) is 11.4 Å². The molecule has 0 fully saturated rings. The molecule has 0 aliphatic carbocycles. The molecule has 3 nitrogen and oxygen atoms in total. The molecule has 24 heteroatoms. The standard InChI is InChI=1S/C9Cl20.H2O3S/c10-1(11,2(12,13)4(16,17)6(20,21)8(24,25)26)3(14,15)5(18,19)7(22,23)9(27,28)29;1-4(2)3/h;(H2,1,2,3)/p-1. The number of alkyl halides is 20. The van der Waals surface area contributed by atoms with Crippen molar-refractivity contribution in [2.24, 2.45) is 0 Å². The maximum atomic E-state index is 8.56. The Morgan fingerprint density at radius 1 is 0.394 bits per heavy atom. The van der Waals surface area contributed by atoms with Gasteiger partial charge in [-0.05, 0) is 0 Å². The molecule has 0 saturated carbocycles. The average Bonchev–Trinajstić information content (AvgIpc) is 2.50. The van der Waals surface area contributed by atoms with Crippen LogP contribution in [0.25, 0.3) is 0 Å². The molecule has 0 aliphatic heterocycles. The van der Waals surface area contributed by atoms with Gasteiger partial charge >= 0.3 is 0 Å². The Kier molecular flexibility index (Phi) is 16.2. The molecule has 0 aromatic rings. The summed E-state index contributed by atoms with van der Waals surface area (Å²) in [4.78, 5) is 0. The van der Waals surface area contributed by atoms with Gasteiger partial charge in [0, 0.05) is 0 Å². The van der Waals surface area contributed by atoms with E-state index in [0.29, 0.717) is 0 Å². The minimum atomic E-state index is -3.10. The van der Waals surface area contributed by atoms with Gasteiger partial charge in [0.15, 0.2) is 21.7 Å². The Bertz CT molecular complexity index is 649. The van der Waals surface area contributed by atoms with Crippen molar-refractivity contribution in [1.29, 1.82) is 0 Å². The van der Waals surface area contributed by atoms with E-state index in [-0.39, 0.29) is 0 Å². The van der Waals surface area contributed by atoms with Crippen molar-refractivity contribution >= 4 is 243 Å². The summed E-state index contributed by atoms with van der Waals surface area (Å²) in [7, 11) is 0. The molecule has 0 aromatic heterocycles. The van der Waals surface area contributed by atoms with E-state index in [1.165, 1.54) is 0 Å². The predicted octanol–water partition coefficient (Wildman–Crippen LogP) is 11.3. The molecule has 0 spiro atoms. The van der Waals surface area contributed by atoms with Crippen LogP contribution < -0.4 is 0 Å². The summed E-state index contributed by atoms with van der Waals surface area (Å²) < 4.78 is -2.07. The van der Waals surface area contributed by atoms with Crippen molar-refractivity contribution in [3.05, 3.63) is 0 Å². The van der Waals surface area contributed by atoms with Gasteiger partial charge in [-0.15, -0.1) is 0 Å². The van der Waals surface area contributed by atoms with Gasteiger partial charge in [-0.2, -0.15) is 0 Å². The maximum Gasteiger partial charge on any atom is 0.226 e. The fraction of sp³-hybridized carbons (Fsp3) is 1.00. The van der Waals surface area contributed by atoms with Crippen LogP contribution in [0, 0.1) is 0 Å². The summed E-state index contributed by atoms with van der Waals surface area (Å²) in [6, 6.07) is 0. The lowest BCUT2D eigenvalue weighted by Gasteiger charge is -2.54. The Balaban J connectivity index is 0. The molecule has 0 bridgehead atoms. The number of hydrogen-bond acceptors (Lipinski definition) is 2. The highest BCUT2D eigenvalue weighted by molar-refractivity contribution is 7.73. The van der Waals surface area contributed by atoms with Crippen molar-refractivity contribution in [2.45, 2.75) is 37.9 Å². The van der Waals surface area contributed by atoms with E-state index in [2.05, 4.69) is 0 Å². The highest BCUT2D eigenvalue weighted by Crippen LogP contribution is 2.73. The summed E-state index contributed by atoms with van der Waals surface area (Å²) in [5.74, 6) is 0. The first-order valence-corrected chi connectivity index (χ1v) is 14.9. The lowest BCUT2D eigenvalue weighted by molar-refractivity contribution is 0.436.